The first-order valence-electron chi connectivity index (χ1n) is 41.2. The predicted octanol–water partition coefficient (Wildman–Crippen LogP) is -0.499. The quantitative estimate of drug-likeness (QED) is 0.0116. The van der Waals surface area contributed by atoms with Gasteiger partial charge in [-0.05, 0) is 150 Å². The molecule has 37 nitrogen and oxygen atoms in total. The van der Waals surface area contributed by atoms with Crippen LogP contribution in [0.25, 0.3) is 0 Å². The number of aliphatic carboxylic acids is 7. The minimum absolute atomic E-state index is 0. The molecular weight excluding hydrogens is 1820 g/mol. The maximum atomic E-state index is 13.5. The van der Waals surface area contributed by atoms with Gasteiger partial charge < -0.3 is 99.0 Å². The summed E-state index contributed by atoms with van der Waals surface area (Å²) in [4.78, 5) is 142. The molecule has 0 saturated carbocycles. The van der Waals surface area contributed by atoms with E-state index in [2.05, 4.69) is 58.4 Å². The number of Topliss-reactive ketones (excluding diaryl/α,β-unsaturated/α-hetero) is 1. The number of rotatable bonds is 38. The molecule has 4 radical (unpaired) electrons. The van der Waals surface area contributed by atoms with E-state index in [0.29, 0.717) is 272 Å². The molecule has 8 rings (SSSR count). The molecule has 0 aliphatic carbocycles. The Hall–Kier alpha value is -6.90. The van der Waals surface area contributed by atoms with Gasteiger partial charge in [-0.3, -0.25) is 92.7 Å². The Morgan fingerprint density at radius 1 is 0.298 bits per heavy atom. The van der Waals surface area contributed by atoms with Crippen molar-refractivity contribution >= 4 is 99.6 Å². The van der Waals surface area contributed by atoms with Gasteiger partial charge in [0, 0.05) is 277 Å². The molecule has 2 atom stereocenters. The number of hydrogen-bond donors (Lipinski definition) is 13. The van der Waals surface area contributed by atoms with E-state index >= 15 is 0 Å². The molecule has 688 valence electrons. The van der Waals surface area contributed by atoms with Crippen molar-refractivity contribution in [3.05, 3.63) is 125 Å². The van der Waals surface area contributed by atoms with Gasteiger partial charge in [-0.2, -0.15) is 0 Å². The van der Waals surface area contributed by atoms with Crippen molar-refractivity contribution in [3.8, 4) is 0 Å². The van der Waals surface area contributed by atoms with Gasteiger partial charge in [0.15, 0.2) is 15.3 Å². The van der Waals surface area contributed by atoms with Crippen molar-refractivity contribution in [2.24, 2.45) is 0 Å². The number of carboxylic acids is 7. The van der Waals surface area contributed by atoms with Crippen LogP contribution in [0.1, 0.15) is 84.1 Å². The van der Waals surface area contributed by atoms with E-state index in [4.69, 9.17) is 56.6 Å². The van der Waals surface area contributed by atoms with E-state index in [0.717, 1.165) is 11.4 Å². The fourth-order valence-corrected chi connectivity index (χ4v) is 15.8. The Morgan fingerprint density at radius 2 is 0.492 bits per heavy atom. The zero-order chi connectivity index (χ0) is 86.1. The van der Waals surface area contributed by atoms with E-state index in [1.165, 1.54) is 0 Å². The molecular formula is C80H121Mn4N22O15S3-. The number of hydrogen-bond acceptors (Lipinski definition) is 27. The van der Waals surface area contributed by atoms with Crippen molar-refractivity contribution in [1.82, 2.24) is 111 Å². The van der Waals surface area contributed by atoms with Crippen LogP contribution in [0.2, 0.25) is 0 Å². The molecule has 0 spiro atoms. The molecule has 4 aromatic rings. The monoisotopic (exact) mass is 1950 g/mol. The average molecular weight is 1950 g/mol. The molecule has 8 heterocycles. The Bertz CT molecular complexity index is 3690. The van der Waals surface area contributed by atoms with Crippen molar-refractivity contribution in [2.75, 3.05) is 209 Å². The summed E-state index contributed by atoms with van der Waals surface area (Å²) in [5, 5.41) is 91.8. The number of nitrogens with one attached hydrogen (secondary N) is 6. The van der Waals surface area contributed by atoms with Gasteiger partial charge in [-0.1, -0.05) is 24.3 Å². The van der Waals surface area contributed by atoms with E-state index in [1.807, 2.05) is 112 Å². The third kappa shape index (κ3) is 43.7. The molecule has 4 aliphatic heterocycles. The molecule has 4 aliphatic rings. The largest absolute Gasteiger partial charge is 0.480 e. The van der Waals surface area contributed by atoms with Crippen LogP contribution in [0.3, 0.4) is 0 Å². The zero-order valence-electron chi connectivity index (χ0n) is 70.1. The standard InChI is InChI=1S/C80H121N22O15S3.4Mn/c1-60(103)46-95-36-30-91(31-37-96(55-71(104)105)48-62-11-2-10-61(47-95)87-62)26-7-22-83-79(119)85-24-18-69(76(114)115)101-44-42-94(29-9-21-82-78(118)81-20-6-27-92-32-38-97(56-72(106)107)49-63-12-3-13-64(88-63)50-98(39-33-92)57-73(108)109)43-45-102(54-68-17-5-16-67(53-101)90-68)70(77(116)117)19-25-86-80(120)84-23-8-28-93-34-40-99(58-74(110)111)51-65-14-4-15-66(89-65)52-100(41-35-93)59-75(112)113;;;;/h2-5,10-17,69-70H,1,6-9,18-59H2,(H,104,105)(H,106,107)(H,108,109)(H,110,111)(H,112,113)(H,114,115)(H,116,117)(H2,81,82,118)(H2,83,85,119)(H2,84,86,120);;;;/q-1;;;;. The maximum Gasteiger partial charge on any atom is 0.320 e. The summed E-state index contributed by atoms with van der Waals surface area (Å²) in [6, 6.07) is 20.3. The number of fused-ring (bicyclic) bond motifs is 8. The minimum Gasteiger partial charge on any atom is -0.480 e. The van der Waals surface area contributed by atoms with Crippen LogP contribution >= 0.6 is 36.7 Å². The molecule has 8 bridgehead atoms. The Balaban J connectivity index is 0.00000806. The second-order valence-electron chi connectivity index (χ2n) is 30.8. The number of carbonyl (C=O) groups excluding carboxylic acids is 1. The van der Waals surface area contributed by atoms with Crippen molar-refractivity contribution in [1.29, 1.82) is 0 Å². The first kappa shape index (κ1) is 109. The normalized spacial score (nSPS) is 17.4. The van der Waals surface area contributed by atoms with Crippen LogP contribution < -0.4 is 31.9 Å². The van der Waals surface area contributed by atoms with Crippen molar-refractivity contribution in [2.45, 2.75) is 103 Å². The fraction of sp³-hybridized carbons (Fsp3) is 0.600. The summed E-state index contributed by atoms with van der Waals surface area (Å²) >= 11 is 17.3. The predicted molar refractivity (Wildman–Crippen MR) is 460 cm³/mol. The SMILES string of the molecule is [CH2-]C(=O)CN1CCN(CCCNC(=S)NCCC(C(=O)O)N2CCN(CCCNC(=S)NCCCN3CCN(CC(=O)O)Cc4cccc(n4)CN(CC(=O)O)CC3)CCN(C(CCNC(=S)NCCCN3CCN(CC(=O)O)Cc4cccc(n4)CN(CC(=O)O)CC3)C(=O)O)Cc3cccc(n3)C2)CCN(CC(=O)O)Cc2cccc(n2)C1.[Mn].[Mn].[Mn].[Mn]. The Labute approximate surface area is 784 Å². The number of thiocarbonyl (C=S) groups is 3. The third-order valence-corrected chi connectivity index (χ3v) is 22.0. The smallest absolute Gasteiger partial charge is 0.320 e. The zero-order valence-corrected chi connectivity index (χ0v) is 77.3. The summed E-state index contributed by atoms with van der Waals surface area (Å²) in [5.41, 5.74) is 5.51. The van der Waals surface area contributed by atoms with E-state index in [9.17, 15) is 74.1 Å². The Kier molecular flexibility index (Phi) is 53.0. The van der Waals surface area contributed by atoms with Crippen LogP contribution in [0, 0.1) is 6.92 Å². The Morgan fingerprint density at radius 3 is 0.702 bits per heavy atom. The van der Waals surface area contributed by atoms with Crippen LogP contribution in [-0.2, 0) is 159 Å². The number of carbonyl (C=O) groups is 8. The van der Waals surface area contributed by atoms with Crippen LogP contribution in [-0.4, -0.2) is 399 Å². The van der Waals surface area contributed by atoms with E-state index in [1.54, 1.807) is 0 Å². The molecule has 124 heavy (non-hydrogen) atoms. The van der Waals surface area contributed by atoms with Crippen LogP contribution in [0.5, 0.6) is 0 Å². The van der Waals surface area contributed by atoms with Gasteiger partial charge in [-0.15, -0.1) is 0 Å². The molecule has 0 fully saturated rings. The summed E-state index contributed by atoms with van der Waals surface area (Å²) in [6.07, 6.45) is 2.88. The molecule has 4 aromatic heterocycles. The molecule has 13 N–H and O–H groups in total. The second kappa shape index (κ2) is 60.0. The van der Waals surface area contributed by atoms with Gasteiger partial charge in [0.1, 0.15) is 12.1 Å². The molecule has 0 saturated heterocycles. The van der Waals surface area contributed by atoms with Crippen molar-refractivity contribution < 1.29 is 142 Å². The number of pyridine rings is 4. The number of nitrogens with zero attached hydrogens (tertiary/aromatic N) is 16. The first-order valence-corrected chi connectivity index (χ1v) is 42.4. The summed E-state index contributed by atoms with van der Waals surface area (Å²) < 4.78 is 0. The molecule has 0 amide bonds. The van der Waals surface area contributed by atoms with Gasteiger partial charge in [0.25, 0.3) is 0 Å². The summed E-state index contributed by atoms with van der Waals surface area (Å²) in [6.45, 7) is 17.5. The number of ketones is 1. The number of aromatic nitrogens is 4. The topological polar surface area (TPSA) is 441 Å². The minimum atomic E-state index is -1.04. The second-order valence-corrected chi connectivity index (χ2v) is 32.0. The summed E-state index contributed by atoms with van der Waals surface area (Å²) in [7, 11) is 0. The average Bonchev–Trinajstić information content (AvgIpc) is 0.835. The molecule has 44 heteroatoms. The third-order valence-electron chi connectivity index (χ3n) is 21.1. The van der Waals surface area contributed by atoms with Crippen LogP contribution in [0.4, 0.5) is 0 Å². The van der Waals surface area contributed by atoms with Gasteiger partial charge in [-0.25, -0.2) is 0 Å². The van der Waals surface area contributed by atoms with Gasteiger partial charge in [0.05, 0.1) is 78.3 Å². The molecule has 2 unspecified atom stereocenters. The summed E-state index contributed by atoms with van der Waals surface area (Å²) in [5.74, 6) is -7.02. The van der Waals surface area contributed by atoms with Crippen LogP contribution in [0.15, 0.2) is 72.8 Å². The van der Waals surface area contributed by atoms with E-state index in [-0.39, 0.29) is 152 Å². The van der Waals surface area contributed by atoms with Gasteiger partial charge >= 0.3 is 41.8 Å². The molecule has 0 aromatic carbocycles. The van der Waals surface area contributed by atoms with Gasteiger partial charge in [0.2, 0.25) is 0 Å². The van der Waals surface area contributed by atoms with Crippen molar-refractivity contribution in [3.63, 3.8) is 0 Å². The fourth-order valence-electron chi connectivity index (χ4n) is 15.1. The first-order chi connectivity index (χ1) is 57.7. The maximum absolute atomic E-state index is 13.5. The number of carboxylic acid groups (broad SMARTS) is 7. The van der Waals surface area contributed by atoms with E-state index < -0.39 is 53.9 Å².